The van der Waals surface area contributed by atoms with E-state index in [0.717, 1.165) is 0 Å². The summed E-state index contributed by atoms with van der Waals surface area (Å²) >= 11 is 0. The molecule has 0 aromatic carbocycles. The Morgan fingerprint density at radius 2 is 2.07 bits per heavy atom. The minimum Gasteiger partial charge on any atom is -0.444 e. The molecule has 84 valence electrons. The molecule has 0 rings (SSSR count). The van der Waals surface area contributed by atoms with E-state index in [1.54, 1.807) is 20.8 Å². The summed E-state index contributed by atoms with van der Waals surface area (Å²) in [5.41, 5.74) is -0.546. The van der Waals surface area contributed by atoms with Crippen molar-refractivity contribution >= 4 is 14.3 Å². The Hall–Kier alpha value is -0.580. The standard InChI is InChI=1S/C7H16NO5P/c1-7(2,3)13-6(9)8-4-5-12-14(10)11/h14H,4-5H2,1-3H3,(H,8,9)(H,10,11). The molecule has 6 nitrogen and oxygen atoms in total. The third-order valence-corrected chi connectivity index (χ3v) is 1.45. The zero-order valence-electron chi connectivity index (χ0n) is 8.49. The lowest BCUT2D eigenvalue weighted by Gasteiger charge is -2.19. The molecular formula is C7H16NO5P. The van der Waals surface area contributed by atoms with Crippen LogP contribution in [0.15, 0.2) is 0 Å². The Balaban J connectivity index is 3.50. The summed E-state index contributed by atoms with van der Waals surface area (Å²) in [7, 11) is -2.91. The van der Waals surface area contributed by atoms with Crippen LogP contribution in [0.3, 0.4) is 0 Å². The van der Waals surface area contributed by atoms with Crippen molar-refractivity contribution in [2.24, 2.45) is 0 Å². The molecule has 0 aromatic rings. The number of carbonyl (C=O) groups excluding carboxylic acids is 1. The molecule has 0 aromatic heterocycles. The van der Waals surface area contributed by atoms with Gasteiger partial charge in [-0.05, 0) is 20.8 Å². The molecule has 0 bridgehead atoms. The van der Waals surface area contributed by atoms with Crippen molar-refractivity contribution < 1.29 is 23.5 Å². The van der Waals surface area contributed by atoms with E-state index in [2.05, 4.69) is 9.84 Å². The Labute approximate surface area is 83.5 Å². The fourth-order valence-electron chi connectivity index (χ4n) is 0.606. The SMILES string of the molecule is CC(C)(C)OC(=O)NCCO[PH](=O)O. The molecule has 14 heavy (non-hydrogen) atoms. The molecule has 2 N–H and O–H groups in total. The lowest BCUT2D eigenvalue weighted by Crippen LogP contribution is -2.34. The summed E-state index contributed by atoms with van der Waals surface area (Å²) < 4.78 is 19.4. The molecule has 0 radical (unpaired) electrons. The van der Waals surface area contributed by atoms with E-state index in [1.165, 1.54) is 0 Å². The van der Waals surface area contributed by atoms with Crippen LogP contribution in [0.5, 0.6) is 0 Å². The maximum Gasteiger partial charge on any atom is 0.407 e. The van der Waals surface area contributed by atoms with Crippen LogP contribution in [0.4, 0.5) is 4.79 Å². The van der Waals surface area contributed by atoms with Gasteiger partial charge in [-0.15, -0.1) is 0 Å². The van der Waals surface area contributed by atoms with Crippen LogP contribution in [-0.2, 0) is 13.8 Å². The number of rotatable bonds is 4. The van der Waals surface area contributed by atoms with E-state index < -0.39 is 19.9 Å². The van der Waals surface area contributed by atoms with Gasteiger partial charge in [0.25, 0.3) is 0 Å². The first-order valence-corrected chi connectivity index (χ1v) is 5.40. The first kappa shape index (κ1) is 13.4. The monoisotopic (exact) mass is 225 g/mol. The number of hydrogen-bond donors (Lipinski definition) is 2. The summed E-state index contributed by atoms with van der Waals surface area (Å²) in [4.78, 5) is 19.3. The Morgan fingerprint density at radius 3 is 2.50 bits per heavy atom. The third kappa shape index (κ3) is 9.51. The van der Waals surface area contributed by atoms with Crippen molar-refractivity contribution in [1.29, 1.82) is 0 Å². The van der Waals surface area contributed by atoms with Crippen LogP contribution in [0.1, 0.15) is 20.8 Å². The first-order chi connectivity index (χ1) is 6.31. The highest BCUT2D eigenvalue weighted by Crippen LogP contribution is 2.12. The molecule has 0 heterocycles. The van der Waals surface area contributed by atoms with Crippen molar-refractivity contribution in [1.82, 2.24) is 5.32 Å². The second kappa shape index (κ2) is 6.01. The van der Waals surface area contributed by atoms with Crippen LogP contribution in [0.25, 0.3) is 0 Å². The average molecular weight is 225 g/mol. The van der Waals surface area contributed by atoms with Crippen molar-refractivity contribution in [3.05, 3.63) is 0 Å². The van der Waals surface area contributed by atoms with E-state index in [9.17, 15) is 9.36 Å². The summed E-state index contributed by atoms with van der Waals surface area (Å²) in [5.74, 6) is 0. The minimum absolute atomic E-state index is 0.00641. The fraction of sp³-hybridized carbons (Fsp3) is 0.857. The first-order valence-electron chi connectivity index (χ1n) is 4.14. The van der Waals surface area contributed by atoms with Crippen molar-refractivity contribution in [3.8, 4) is 0 Å². The maximum absolute atomic E-state index is 11.0. The number of hydrogen-bond acceptors (Lipinski definition) is 4. The second-order valence-corrected chi connectivity index (χ2v) is 4.36. The molecule has 0 saturated carbocycles. The Bertz CT molecular complexity index is 213. The highest BCUT2D eigenvalue weighted by atomic mass is 31.1. The summed E-state index contributed by atoms with van der Waals surface area (Å²) in [6.07, 6.45) is -0.571. The molecule has 1 atom stereocenters. The van der Waals surface area contributed by atoms with Crippen LogP contribution in [0.2, 0.25) is 0 Å². The van der Waals surface area contributed by atoms with Gasteiger partial charge in [0.2, 0.25) is 0 Å². The molecule has 0 aliphatic rings. The summed E-state index contributed by atoms with van der Waals surface area (Å²) in [5, 5.41) is 2.37. The van der Waals surface area contributed by atoms with Gasteiger partial charge in [0.05, 0.1) is 6.61 Å². The van der Waals surface area contributed by atoms with Crippen molar-refractivity contribution in [2.45, 2.75) is 26.4 Å². The second-order valence-electron chi connectivity index (χ2n) is 3.54. The number of ether oxygens (including phenoxy) is 1. The van der Waals surface area contributed by atoms with E-state index in [1.807, 2.05) is 0 Å². The van der Waals surface area contributed by atoms with Crippen LogP contribution >= 0.6 is 8.25 Å². The normalized spacial score (nSPS) is 13.4. The molecule has 0 aliphatic carbocycles. The lowest BCUT2D eigenvalue weighted by atomic mass is 10.2. The Kier molecular flexibility index (Phi) is 5.76. The number of nitrogens with one attached hydrogen (secondary N) is 1. The van der Waals surface area contributed by atoms with Gasteiger partial charge < -0.3 is 19.5 Å². The summed E-state index contributed by atoms with van der Waals surface area (Å²) in [6.45, 7) is 5.38. The smallest absolute Gasteiger partial charge is 0.407 e. The van der Waals surface area contributed by atoms with Gasteiger partial charge in [-0.25, -0.2) is 4.79 Å². The van der Waals surface area contributed by atoms with E-state index in [0.29, 0.717) is 0 Å². The van der Waals surface area contributed by atoms with Gasteiger partial charge in [-0.2, -0.15) is 0 Å². The number of carbonyl (C=O) groups is 1. The maximum atomic E-state index is 11.0. The highest BCUT2D eigenvalue weighted by molar-refractivity contribution is 7.32. The molecular weight excluding hydrogens is 209 g/mol. The molecule has 0 saturated heterocycles. The number of amides is 1. The largest absolute Gasteiger partial charge is 0.444 e. The van der Waals surface area contributed by atoms with Gasteiger partial charge in [-0.1, -0.05) is 0 Å². The fourth-order valence-corrected chi connectivity index (χ4v) is 0.882. The van der Waals surface area contributed by atoms with E-state index in [-0.39, 0.29) is 13.2 Å². The van der Waals surface area contributed by atoms with Gasteiger partial charge in [-0.3, -0.25) is 4.57 Å². The Morgan fingerprint density at radius 1 is 1.50 bits per heavy atom. The van der Waals surface area contributed by atoms with E-state index >= 15 is 0 Å². The predicted molar refractivity (Wildman–Crippen MR) is 51.4 cm³/mol. The molecule has 0 fully saturated rings. The van der Waals surface area contributed by atoms with Gasteiger partial charge in [0, 0.05) is 6.54 Å². The highest BCUT2D eigenvalue weighted by Gasteiger charge is 2.15. The molecule has 7 heteroatoms. The quantitative estimate of drug-likeness (QED) is 0.548. The molecule has 0 spiro atoms. The van der Waals surface area contributed by atoms with Gasteiger partial charge in [0.15, 0.2) is 0 Å². The lowest BCUT2D eigenvalue weighted by molar-refractivity contribution is 0.0519. The summed E-state index contributed by atoms with van der Waals surface area (Å²) in [6, 6.07) is 0. The number of alkyl carbamates (subject to hydrolysis) is 1. The van der Waals surface area contributed by atoms with Crippen LogP contribution in [0, 0.1) is 0 Å². The predicted octanol–water partition coefficient (Wildman–Crippen LogP) is 0.910. The molecule has 1 unspecified atom stereocenters. The molecule has 0 aliphatic heterocycles. The van der Waals surface area contributed by atoms with Gasteiger partial charge in [0.1, 0.15) is 5.60 Å². The zero-order valence-corrected chi connectivity index (χ0v) is 9.49. The van der Waals surface area contributed by atoms with Crippen LogP contribution < -0.4 is 5.32 Å². The van der Waals surface area contributed by atoms with Crippen molar-refractivity contribution in [3.63, 3.8) is 0 Å². The zero-order chi connectivity index (χ0) is 11.2. The third-order valence-electron chi connectivity index (χ3n) is 0.996. The topological polar surface area (TPSA) is 84.9 Å². The van der Waals surface area contributed by atoms with E-state index in [4.69, 9.17) is 9.63 Å². The average Bonchev–Trinajstić information content (AvgIpc) is 1.94. The van der Waals surface area contributed by atoms with Crippen molar-refractivity contribution in [2.75, 3.05) is 13.2 Å². The van der Waals surface area contributed by atoms with Gasteiger partial charge >= 0.3 is 14.3 Å². The minimum atomic E-state index is -2.91. The van der Waals surface area contributed by atoms with Crippen LogP contribution in [-0.4, -0.2) is 29.7 Å². The molecule has 1 amide bonds.